The summed E-state index contributed by atoms with van der Waals surface area (Å²) >= 11 is 0. The molecule has 1 aromatic rings. The van der Waals surface area contributed by atoms with Crippen LogP contribution in [0.5, 0.6) is 0 Å². The maximum Gasteiger partial charge on any atom is 0.269 e. The van der Waals surface area contributed by atoms with Crippen molar-refractivity contribution in [1.82, 2.24) is 5.32 Å². The first kappa shape index (κ1) is 16.1. The number of allylic oxidation sites excluding steroid dienone is 1. The molecule has 0 saturated heterocycles. The third-order valence-electron chi connectivity index (χ3n) is 2.51. The zero-order chi connectivity index (χ0) is 15.7. The van der Waals surface area contributed by atoms with Crippen LogP contribution in [0, 0.1) is 10.1 Å². The number of likely N-dealkylation sites (N-methyl/N-ethyl adjacent to an activating group) is 1. The Bertz CT molecular complexity index is 589. The van der Waals surface area contributed by atoms with Crippen molar-refractivity contribution >= 4 is 18.2 Å². The van der Waals surface area contributed by atoms with Crippen molar-refractivity contribution in [2.24, 2.45) is 4.99 Å². The number of rotatable bonds is 3. The molecule has 0 amide bonds. The maximum atomic E-state index is 10.1. The Balaban J connectivity index is 0.000000211. The number of nitro groups is 1. The van der Waals surface area contributed by atoms with E-state index >= 15 is 0 Å². The molecule has 110 valence electrons. The molecule has 0 atom stereocenters. The SMILES string of the molecule is CNC1=CN=CCC=C1O.O=Cc1ccc([N+](=O)[O-])cc1. The third kappa shape index (κ3) is 5.27. The molecular weight excluding hydrogens is 274 g/mol. The molecule has 0 saturated carbocycles. The predicted octanol–water partition coefficient (Wildman–Crippen LogP) is 2.37. The van der Waals surface area contributed by atoms with Gasteiger partial charge in [-0.2, -0.15) is 0 Å². The van der Waals surface area contributed by atoms with Gasteiger partial charge in [0, 0.05) is 37.4 Å². The van der Waals surface area contributed by atoms with Gasteiger partial charge >= 0.3 is 0 Å². The van der Waals surface area contributed by atoms with Gasteiger partial charge < -0.3 is 10.4 Å². The van der Waals surface area contributed by atoms with Crippen LogP contribution in [0.3, 0.4) is 0 Å². The molecule has 0 aromatic heterocycles. The van der Waals surface area contributed by atoms with Crippen molar-refractivity contribution in [3.63, 3.8) is 0 Å². The standard InChI is InChI=1S/C7H10N2O.C7H5NO3/c1-8-6-5-9-4-2-3-7(6)10;9-5-6-1-3-7(4-2-6)8(10)11/h3-5,8,10H,2H2,1H3;1-5H. The minimum Gasteiger partial charge on any atom is -0.506 e. The Kier molecular flexibility index (Phi) is 6.33. The van der Waals surface area contributed by atoms with Crippen molar-refractivity contribution in [3.8, 4) is 0 Å². The maximum absolute atomic E-state index is 10.1. The largest absolute Gasteiger partial charge is 0.506 e. The van der Waals surface area contributed by atoms with Crippen LogP contribution in [-0.4, -0.2) is 29.6 Å². The van der Waals surface area contributed by atoms with Crippen molar-refractivity contribution in [2.75, 3.05) is 7.05 Å². The molecule has 7 nitrogen and oxygen atoms in total. The summed E-state index contributed by atoms with van der Waals surface area (Å²) in [5.74, 6) is 0.264. The summed E-state index contributed by atoms with van der Waals surface area (Å²) in [7, 11) is 1.75. The number of aliphatic hydroxyl groups excluding tert-OH is 1. The summed E-state index contributed by atoms with van der Waals surface area (Å²) in [4.78, 5) is 23.6. The molecule has 0 radical (unpaired) electrons. The second kappa shape index (κ2) is 8.26. The van der Waals surface area contributed by atoms with E-state index in [0.29, 0.717) is 24.0 Å². The van der Waals surface area contributed by atoms with E-state index in [-0.39, 0.29) is 11.4 Å². The number of non-ortho nitro benzene ring substituents is 1. The number of hydrogen-bond donors (Lipinski definition) is 2. The minimum absolute atomic E-state index is 0.00407. The molecule has 7 heteroatoms. The smallest absolute Gasteiger partial charge is 0.269 e. The van der Waals surface area contributed by atoms with E-state index in [1.54, 1.807) is 25.5 Å². The average molecular weight is 289 g/mol. The summed E-state index contributed by atoms with van der Waals surface area (Å²) < 4.78 is 0. The van der Waals surface area contributed by atoms with Crippen LogP contribution in [0.4, 0.5) is 5.69 Å². The summed E-state index contributed by atoms with van der Waals surface area (Å²) in [5.41, 5.74) is 1.10. The number of nitro benzene ring substituents is 1. The number of nitrogens with one attached hydrogen (secondary N) is 1. The molecule has 21 heavy (non-hydrogen) atoms. The number of benzene rings is 1. The zero-order valence-corrected chi connectivity index (χ0v) is 11.4. The molecular formula is C14H15N3O4. The van der Waals surface area contributed by atoms with Crippen LogP contribution in [0.25, 0.3) is 0 Å². The number of hydrogen-bond acceptors (Lipinski definition) is 6. The van der Waals surface area contributed by atoms with E-state index in [2.05, 4.69) is 10.3 Å². The van der Waals surface area contributed by atoms with Crippen molar-refractivity contribution in [3.05, 3.63) is 63.7 Å². The van der Waals surface area contributed by atoms with Crippen molar-refractivity contribution in [1.29, 1.82) is 0 Å². The third-order valence-corrected chi connectivity index (χ3v) is 2.51. The fraction of sp³-hybridized carbons (Fsp3) is 0.143. The number of aliphatic imine (C=N–C) groups is 1. The lowest BCUT2D eigenvalue weighted by molar-refractivity contribution is -0.384. The van der Waals surface area contributed by atoms with Gasteiger partial charge in [-0.3, -0.25) is 19.9 Å². The Labute approximate surface area is 121 Å². The lowest BCUT2D eigenvalue weighted by Gasteiger charge is -2.01. The van der Waals surface area contributed by atoms with E-state index in [1.165, 1.54) is 24.3 Å². The normalized spacial score (nSPS) is 13.0. The molecule has 0 aliphatic carbocycles. The van der Waals surface area contributed by atoms with Gasteiger partial charge in [0.1, 0.15) is 12.0 Å². The number of carbonyl (C=O) groups is 1. The Morgan fingerprint density at radius 2 is 2.05 bits per heavy atom. The summed E-state index contributed by atoms with van der Waals surface area (Å²) in [6.45, 7) is 0. The van der Waals surface area contributed by atoms with Gasteiger partial charge in [-0.1, -0.05) is 0 Å². The van der Waals surface area contributed by atoms with Crippen LogP contribution in [0.2, 0.25) is 0 Å². The molecule has 1 aliphatic rings. The second-order valence-corrected chi connectivity index (χ2v) is 3.92. The zero-order valence-electron chi connectivity index (χ0n) is 11.4. The Morgan fingerprint density at radius 3 is 2.57 bits per heavy atom. The van der Waals surface area contributed by atoms with Crippen LogP contribution in [-0.2, 0) is 0 Å². The molecule has 1 aromatic carbocycles. The highest BCUT2D eigenvalue weighted by Crippen LogP contribution is 2.10. The van der Waals surface area contributed by atoms with Gasteiger partial charge in [0.05, 0.1) is 16.8 Å². The molecule has 2 rings (SSSR count). The average Bonchev–Trinajstić information content (AvgIpc) is 2.72. The summed E-state index contributed by atoms with van der Waals surface area (Å²) in [5, 5.41) is 22.1. The minimum atomic E-state index is -0.505. The highest BCUT2D eigenvalue weighted by Gasteiger charge is 2.02. The van der Waals surface area contributed by atoms with Gasteiger partial charge in [0.15, 0.2) is 0 Å². The highest BCUT2D eigenvalue weighted by molar-refractivity contribution is 5.75. The van der Waals surface area contributed by atoms with E-state index in [1.807, 2.05) is 0 Å². The summed E-state index contributed by atoms with van der Waals surface area (Å²) in [6.07, 6.45) is 6.37. The Morgan fingerprint density at radius 1 is 1.38 bits per heavy atom. The van der Waals surface area contributed by atoms with E-state index in [9.17, 15) is 20.0 Å². The molecule has 0 spiro atoms. The number of carbonyl (C=O) groups excluding carboxylic acids is 1. The van der Waals surface area contributed by atoms with E-state index in [0.717, 1.165) is 0 Å². The predicted molar refractivity (Wildman–Crippen MR) is 79.4 cm³/mol. The number of aliphatic hydroxyl groups is 1. The van der Waals surface area contributed by atoms with Crippen LogP contribution in [0.1, 0.15) is 16.8 Å². The molecule has 0 bridgehead atoms. The van der Waals surface area contributed by atoms with Crippen molar-refractivity contribution < 1.29 is 14.8 Å². The molecule has 1 heterocycles. The lowest BCUT2D eigenvalue weighted by Crippen LogP contribution is -2.07. The van der Waals surface area contributed by atoms with E-state index in [4.69, 9.17) is 0 Å². The van der Waals surface area contributed by atoms with Gasteiger partial charge in [0.25, 0.3) is 5.69 Å². The monoisotopic (exact) mass is 289 g/mol. The van der Waals surface area contributed by atoms with E-state index < -0.39 is 4.92 Å². The van der Waals surface area contributed by atoms with Crippen LogP contribution >= 0.6 is 0 Å². The fourth-order valence-electron chi connectivity index (χ4n) is 1.40. The van der Waals surface area contributed by atoms with Gasteiger partial charge in [-0.15, -0.1) is 0 Å². The Hall–Kier alpha value is -2.96. The molecule has 2 N–H and O–H groups in total. The molecule has 1 aliphatic heterocycles. The van der Waals surface area contributed by atoms with Crippen LogP contribution in [0.15, 0.2) is 53.0 Å². The number of nitrogens with zero attached hydrogens (tertiary/aromatic N) is 2. The molecule has 0 fully saturated rings. The lowest BCUT2D eigenvalue weighted by atomic mass is 10.2. The van der Waals surface area contributed by atoms with Gasteiger partial charge in [-0.05, 0) is 18.2 Å². The summed E-state index contributed by atoms with van der Waals surface area (Å²) in [6, 6.07) is 5.41. The highest BCUT2D eigenvalue weighted by atomic mass is 16.6. The topological polar surface area (TPSA) is 105 Å². The fourth-order valence-corrected chi connectivity index (χ4v) is 1.40. The first-order chi connectivity index (χ1) is 10.1. The second-order valence-electron chi connectivity index (χ2n) is 3.92. The quantitative estimate of drug-likeness (QED) is 0.505. The number of aldehydes is 1. The van der Waals surface area contributed by atoms with Gasteiger partial charge in [0.2, 0.25) is 0 Å². The van der Waals surface area contributed by atoms with Crippen molar-refractivity contribution in [2.45, 2.75) is 6.42 Å². The van der Waals surface area contributed by atoms with Gasteiger partial charge in [-0.25, -0.2) is 0 Å². The van der Waals surface area contributed by atoms with Crippen LogP contribution < -0.4 is 5.32 Å². The first-order valence-corrected chi connectivity index (χ1v) is 6.07. The molecule has 0 unspecified atom stereocenters. The first-order valence-electron chi connectivity index (χ1n) is 6.07.